The third-order valence-corrected chi connectivity index (χ3v) is 5.57. The van der Waals surface area contributed by atoms with Gasteiger partial charge in [0.15, 0.2) is 0 Å². The molecule has 0 atom stereocenters. The van der Waals surface area contributed by atoms with E-state index in [9.17, 15) is 5.11 Å². The van der Waals surface area contributed by atoms with Crippen LogP contribution in [0.3, 0.4) is 0 Å². The molecule has 104 valence electrons. The quantitative estimate of drug-likeness (QED) is 0.856. The van der Waals surface area contributed by atoms with Crippen LogP contribution in [-0.2, 0) is 18.3 Å². The summed E-state index contributed by atoms with van der Waals surface area (Å²) in [6.45, 7) is 4.96. The molecule has 1 aromatic carbocycles. The highest BCUT2D eigenvalue weighted by molar-refractivity contribution is 5.58. The second-order valence-electron chi connectivity index (χ2n) is 6.48. The molecule has 2 aliphatic rings. The first-order chi connectivity index (χ1) is 9.10. The van der Waals surface area contributed by atoms with Gasteiger partial charge in [-0.1, -0.05) is 6.42 Å². The van der Waals surface area contributed by atoms with Gasteiger partial charge in [-0.05, 0) is 74.6 Å². The number of fused-ring (bicyclic) bond motifs is 1. The Hall–Kier alpha value is -1.02. The summed E-state index contributed by atoms with van der Waals surface area (Å²) in [6, 6.07) is 0. The van der Waals surface area contributed by atoms with Crippen LogP contribution in [-0.4, -0.2) is 11.7 Å². The van der Waals surface area contributed by atoms with Crippen molar-refractivity contribution in [3.05, 3.63) is 27.8 Å². The number of rotatable bonds is 2. The molecule has 2 aliphatic carbocycles. The van der Waals surface area contributed by atoms with Crippen LogP contribution in [0.1, 0.15) is 59.9 Å². The summed E-state index contributed by atoms with van der Waals surface area (Å²) in [4.78, 5) is 0. The van der Waals surface area contributed by atoms with E-state index in [4.69, 9.17) is 5.73 Å². The zero-order chi connectivity index (χ0) is 13.6. The minimum atomic E-state index is 0.0609. The Morgan fingerprint density at radius 3 is 2.05 bits per heavy atom. The zero-order valence-corrected chi connectivity index (χ0v) is 12.2. The molecule has 0 radical (unpaired) electrons. The fourth-order valence-corrected chi connectivity index (χ4v) is 4.20. The lowest BCUT2D eigenvalue weighted by Crippen LogP contribution is -2.42. The Bertz CT molecular complexity index is 509. The predicted molar refractivity (Wildman–Crippen MR) is 78.8 cm³/mol. The largest absolute Gasteiger partial charge is 0.507 e. The van der Waals surface area contributed by atoms with Gasteiger partial charge in [-0.25, -0.2) is 0 Å². The topological polar surface area (TPSA) is 46.2 Å². The molecule has 3 rings (SSSR count). The first kappa shape index (κ1) is 13.0. The number of aromatic hydroxyl groups is 1. The van der Waals surface area contributed by atoms with Crippen LogP contribution in [0.2, 0.25) is 0 Å². The molecule has 0 amide bonds. The van der Waals surface area contributed by atoms with E-state index in [1.165, 1.54) is 47.9 Å². The molecule has 2 heteroatoms. The van der Waals surface area contributed by atoms with Crippen molar-refractivity contribution in [1.29, 1.82) is 0 Å². The molecular weight excluding hydrogens is 234 g/mol. The minimum Gasteiger partial charge on any atom is -0.507 e. The van der Waals surface area contributed by atoms with Crippen molar-refractivity contribution in [2.24, 2.45) is 5.73 Å². The van der Waals surface area contributed by atoms with Gasteiger partial charge in [0, 0.05) is 17.5 Å². The van der Waals surface area contributed by atoms with Crippen LogP contribution in [0, 0.1) is 13.8 Å². The van der Waals surface area contributed by atoms with Crippen LogP contribution in [0.5, 0.6) is 5.75 Å². The van der Waals surface area contributed by atoms with E-state index in [1.54, 1.807) is 0 Å². The van der Waals surface area contributed by atoms with Gasteiger partial charge in [-0.15, -0.1) is 0 Å². The molecule has 0 bridgehead atoms. The second kappa shape index (κ2) is 4.52. The van der Waals surface area contributed by atoms with Gasteiger partial charge in [0.1, 0.15) is 5.75 Å². The number of nitrogens with two attached hydrogens (primary N) is 1. The van der Waals surface area contributed by atoms with Crippen LogP contribution in [0.25, 0.3) is 0 Å². The molecule has 0 spiro atoms. The van der Waals surface area contributed by atoms with Crippen molar-refractivity contribution in [1.82, 2.24) is 0 Å². The van der Waals surface area contributed by atoms with E-state index in [1.807, 2.05) is 0 Å². The molecular formula is C17H25NO. The minimum absolute atomic E-state index is 0.0609. The Kier molecular flexibility index (Phi) is 3.09. The van der Waals surface area contributed by atoms with E-state index in [-0.39, 0.29) is 5.41 Å². The average Bonchev–Trinajstić information content (AvgIpc) is 2.39. The fourth-order valence-electron chi connectivity index (χ4n) is 4.20. The van der Waals surface area contributed by atoms with Crippen molar-refractivity contribution in [3.8, 4) is 5.75 Å². The van der Waals surface area contributed by atoms with Crippen LogP contribution in [0.4, 0.5) is 0 Å². The molecule has 0 heterocycles. The lowest BCUT2D eigenvalue weighted by atomic mass is 9.61. The van der Waals surface area contributed by atoms with Crippen molar-refractivity contribution in [3.63, 3.8) is 0 Å². The Morgan fingerprint density at radius 1 is 1.00 bits per heavy atom. The monoisotopic (exact) mass is 259 g/mol. The van der Waals surface area contributed by atoms with Crippen LogP contribution >= 0.6 is 0 Å². The third kappa shape index (κ3) is 1.73. The molecule has 0 saturated heterocycles. The number of phenols is 1. The molecule has 0 aliphatic heterocycles. The number of benzene rings is 1. The maximum atomic E-state index is 10.7. The zero-order valence-electron chi connectivity index (χ0n) is 12.2. The summed E-state index contributed by atoms with van der Waals surface area (Å²) in [5.74, 6) is 0.545. The molecule has 1 saturated carbocycles. The lowest BCUT2D eigenvalue weighted by molar-refractivity contribution is 0.243. The van der Waals surface area contributed by atoms with E-state index in [0.29, 0.717) is 12.3 Å². The van der Waals surface area contributed by atoms with Gasteiger partial charge < -0.3 is 10.8 Å². The predicted octanol–water partition coefficient (Wildman–Crippen LogP) is 3.27. The van der Waals surface area contributed by atoms with E-state index in [2.05, 4.69) is 13.8 Å². The van der Waals surface area contributed by atoms with Gasteiger partial charge in [0.2, 0.25) is 0 Å². The lowest BCUT2D eigenvalue weighted by Gasteiger charge is -2.44. The first-order valence-electron chi connectivity index (χ1n) is 7.65. The number of hydrogen-bond acceptors (Lipinski definition) is 2. The maximum Gasteiger partial charge on any atom is 0.122 e. The number of hydrogen-bond donors (Lipinski definition) is 2. The molecule has 0 unspecified atom stereocenters. The van der Waals surface area contributed by atoms with Crippen molar-refractivity contribution < 1.29 is 5.11 Å². The first-order valence-corrected chi connectivity index (χ1v) is 7.65. The van der Waals surface area contributed by atoms with Gasteiger partial charge in [0.25, 0.3) is 0 Å². The summed E-state index contributed by atoms with van der Waals surface area (Å²) >= 11 is 0. The van der Waals surface area contributed by atoms with Crippen molar-refractivity contribution in [2.75, 3.05) is 6.54 Å². The van der Waals surface area contributed by atoms with E-state index in [0.717, 1.165) is 24.8 Å². The maximum absolute atomic E-state index is 10.7. The van der Waals surface area contributed by atoms with Crippen molar-refractivity contribution in [2.45, 2.75) is 64.2 Å². The van der Waals surface area contributed by atoms with Crippen molar-refractivity contribution >= 4 is 0 Å². The molecule has 19 heavy (non-hydrogen) atoms. The van der Waals surface area contributed by atoms with E-state index < -0.39 is 0 Å². The Morgan fingerprint density at radius 2 is 1.58 bits per heavy atom. The molecule has 3 N–H and O–H groups in total. The van der Waals surface area contributed by atoms with Gasteiger partial charge >= 0.3 is 0 Å². The Balaban J connectivity index is 2.22. The highest BCUT2D eigenvalue weighted by Gasteiger charge is 2.41. The fraction of sp³-hybridized carbons (Fsp3) is 0.647. The standard InChI is InChI=1S/C17H25NO/c1-11-13-6-3-4-7-14(13)12(2)16(19)15(11)17(10-18)8-5-9-17/h19H,3-10,18H2,1-2H3. The molecule has 2 nitrogen and oxygen atoms in total. The van der Waals surface area contributed by atoms with Crippen LogP contribution in [0.15, 0.2) is 0 Å². The van der Waals surface area contributed by atoms with Crippen LogP contribution < -0.4 is 5.73 Å². The number of phenolic OH excluding ortho intramolecular Hbond substituents is 1. The van der Waals surface area contributed by atoms with Gasteiger partial charge in [0.05, 0.1) is 0 Å². The highest BCUT2D eigenvalue weighted by atomic mass is 16.3. The Labute approximate surface area is 116 Å². The summed E-state index contributed by atoms with van der Waals surface area (Å²) in [5, 5.41) is 10.7. The van der Waals surface area contributed by atoms with Gasteiger partial charge in [-0.2, -0.15) is 0 Å². The summed E-state index contributed by atoms with van der Waals surface area (Å²) < 4.78 is 0. The van der Waals surface area contributed by atoms with Gasteiger partial charge in [-0.3, -0.25) is 0 Å². The molecule has 1 aromatic rings. The summed E-state index contributed by atoms with van der Waals surface area (Å²) in [6.07, 6.45) is 8.36. The second-order valence-corrected chi connectivity index (χ2v) is 6.48. The SMILES string of the molecule is Cc1c(O)c(C2(CN)CCC2)c(C)c2c1CCCC2. The summed E-state index contributed by atoms with van der Waals surface area (Å²) in [7, 11) is 0. The third-order valence-electron chi connectivity index (χ3n) is 5.57. The highest BCUT2D eigenvalue weighted by Crippen LogP contribution is 2.50. The molecule has 0 aromatic heterocycles. The smallest absolute Gasteiger partial charge is 0.122 e. The van der Waals surface area contributed by atoms with E-state index >= 15 is 0 Å². The molecule has 1 fully saturated rings. The normalized spacial score (nSPS) is 20.8. The summed E-state index contributed by atoms with van der Waals surface area (Å²) in [5.41, 5.74) is 12.7. The average molecular weight is 259 g/mol.